The van der Waals surface area contributed by atoms with E-state index in [0.717, 1.165) is 61.9 Å². The third-order valence-corrected chi connectivity index (χ3v) is 7.65. The van der Waals surface area contributed by atoms with Crippen molar-refractivity contribution in [3.05, 3.63) is 58.8 Å². The Balaban J connectivity index is 1.55. The second kappa shape index (κ2) is 11.7. The Morgan fingerprint density at radius 3 is 2.65 bits per heavy atom. The van der Waals surface area contributed by atoms with Crippen LogP contribution in [0.5, 0.6) is 0 Å². The number of rotatable bonds is 7. The van der Waals surface area contributed by atoms with Gasteiger partial charge in [0.05, 0.1) is 5.69 Å². The summed E-state index contributed by atoms with van der Waals surface area (Å²) in [5.41, 5.74) is 7.85. The van der Waals surface area contributed by atoms with Gasteiger partial charge in [0.15, 0.2) is 0 Å². The van der Waals surface area contributed by atoms with Crippen LogP contribution in [0.4, 0.5) is 11.4 Å². The van der Waals surface area contributed by atoms with Crippen LogP contribution in [-0.2, 0) is 4.79 Å². The Morgan fingerprint density at radius 2 is 1.94 bits per heavy atom. The minimum atomic E-state index is 0.763. The maximum absolute atomic E-state index is 11.2. The molecule has 2 heterocycles. The third-order valence-electron chi connectivity index (χ3n) is 7.65. The first-order chi connectivity index (χ1) is 16.6. The van der Waals surface area contributed by atoms with Crippen molar-refractivity contribution >= 4 is 23.5 Å². The zero-order valence-corrected chi connectivity index (χ0v) is 21.1. The van der Waals surface area contributed by atoms with Crippen molar-refractivity contribution in [1.29, 1.82) is 0 Å². The van der Waals surface area contributed by atoms with Crippen molar-refractivity contribution in [2.45, 2.75) is 71.8 Å². The summed E-state index contributed by atoms with van der Waals surface area (Å²) >= 11 is 0. The molecule has 3 aliphatic rings. The number of nitrogens with zero attached hydrogens (tertiary/aromatic N) is 3. The Morgan fingerprint density at radius 1 is 1.18 bits per heavy atom. The molecule has 182 valence electrons. The second-order valence-corrected chi connectivity index (χ2v) is 9.76. The van der Waals surface area contributed by atoms with Crippen LogP contribution in [0.1, 0.15) is 64.4 Å². The number of allylic oxidation sites excluding steroid dienone is 5. The number of nitrogens with one attached hydrogen (secondary N) is 1. The molecule has 5 heteroatoms. The van der Waals surface area contributed by atoms with Gasteiger partial charge in [0.1, 0.15) is 0 Å². The zero-order valence-electron chi connectivity index (χ0n) is 21.1. The number of aliphatic imine (C=N–C) groups is 1. The van der Waals surface area contributed by atoms with E-state index in [1.54, 1.807) is 0 Å². The molecular formula is C29H40N4O. The largest absolute Gasteiger partial charge is 0.371 e. The van der Waals surface area contributed by atoms with Gasteiger partial charge in [0.2, 0.25) is 6.41 Å². The molecular weight excluding hydrogens is 420 g/mol. The van der Waals surface area contributed by atoms with E-state index >= 15 is 0 Å². The molecule has 0 unspecified atom stereocenters. The van der Waals surface area contributed by atoms with E-state index in [4.69, 9.17) is 4.99 Å². The van der Waals surface area contributed by atoms with Crippen LogP contribution in [-0.4, -0.2) is 49.2 Å². The number of hydrogen-bond acceptors (Lipinski definition) is 4. The number of piperidine rings is 1. The van der Waals surface area contributed by atoms with Crippen LogP contribution in [0.3, 0.4) is 0 Å². The van der Waals surface area contributed by atoms with E-state index in [9.17, 15) is 4.79 Å². The molecule has 2 fully saturated rings. The van der Waals surface area contributed by atoms with Gasteiger partial charge in [-0.3, -0.25) is 9.79 Å². The van der Waals surface area contributed by atoms with Gasteiger partial charge < -0.3 is 15.1 Å². The van der Waals surface area contributed by atoms with Crippen molar-refractivity contribution in [2.75, 3.05) is 31.1 Å². The number of anilines is 1. The lowest BCUT2D eigenvalue weighted by atomic mass is 9.97. The number of aryl methyl sites for hydroxylation is 1. The Kier molecular flexibility index (Phi) is 8.39. The van der Waals surface area contributed by atoms with Crippen molar-refractivity contribution in [2.24, 2.45) is 4.99 Å². The van der Waals surface area contributed by atoms with E-state index in [-0.39, 0.29) is 0 Å². The average molecular weight is 461 g/mol. The molecule has 2 saturated heterocycles. The monoisotopic (exact) mass is 460 g/mol. The highest BCUT2D eigenvalue weighted by Gasteiger charge is 2.26. The molecule has 0 atom stereocenters. The van der Waals surface area contributed by atoms with Gasteiger partial charge in [-0.1, -0.05) is 25.1 Å². The van der Waals surface area contributed by atoms with Crippen molar-refractivity contribution in [3.8, 4) is 0 Å². The van der Waals surface area contributed by atoms with Crippen molar-refractivity contribution < 1.29 is 4.79 Å². The van der Waals surface area contributed by atoms with Gasteiger partial charge in [-0.15, -0.1) is 0 Å². The van der Waals surface area contributed by atoms with Gasteiger partial charge in [0, 0.05) is 36.2 Å². The minimum absolute atomic E-state index is 0.763. The first kappa shape index (κ1) is 24.5. The standard InChI is InChI=1S/C29H40N4O/c1-4-27(23(3)26-10-6-5-7-11-28(26)30-21-34)31-29-20-25(13-12-22(29)2)33-18-14-24(15-19-33)32-16-8-9-17-32/h5,7,11-13,20-21,24H,4,6,8-10,14-19H2,1-3H3,(H,30,34)/b26-23+,31-27?. The lowest BCUT2D eigenvalue weighted by molar-refractivity contribution is -0.108. The molecule has 1 aromatic carbocycles. The van der Waals surface area contributed by atoms with E-state index in [0.29, 0.717) is 0 Å². The summed E-state index contributed by atoms with van der Waals surface area (Å²) in [6.07, 6.45) is 14.9. The first-order valence-corrected chi connectivity index (χ1v) is 13.1. The van der Waals surface area contributed by atoms with Crippen molar-refractivity contribution in [3.63, 3.8) is 0 Å². The van der Waals surface area contributed by atoms with Gasteiger partial charge in [-0.05, 0) is 107 Å². The summed E-state index contributed by atoms with van der Waals surface area (Å²) in [6.45, 7) is 11.3. The Bertz CT molecular complexity index is 989. The molecule has 1 aliphatic carbocycles. The lowest BCUT2D eigenvalue weighted by Gasteiger charge is -2.38. The normalized spacial score (nSPS) is 21.9. The number of carbonyl (C=O) groups excluding carboxylic acids is 1. The van der Waals surface area contributed by atoms with Crippen LogP contribution < -0.4 is 10.2 Å². The molecule has 34 heavy (non-hydrogen) atoms. The summed E-state index contributed by atoms with van der Waals surface area (Å²) in [6, 6.07) is 7.51. The number of benzene rings is 1. The maximum Gasteiger partial charge on any atom is 0.211 e. The van der Waals surface area contributed by atoms with E-state index in [2.05, 4.69) is 60.2 Å². The van der Waals surface area contributed by atoms with E-state index in [1.165, 1.54) is 61.2 Å². The fourth-order valence-corrected chi connectivity index (χ4v) is 5.57. The van der Waals surface area contributed by atoms with E-state index in [1.807, 2.05) is 12.2 Å². The molecule has 1 N–H and O–H groups in total. The molecule has 0 spiro atoms. The number of hydrogen-bond donors (Lipinski definition) is 1. The average Bonchev–Trinajstić information content (AvgIpc) is 3.30. The molecule has 0 aromatic heterocycles. The highest BCUT2D eigenvalue weighted by molar-refractivity contribution is 6.02. The SMILES string of the molecule is CCC(=Nc1cc(N2CCC(N3CCCC3)CC2)ccc1C)/C(C)=C1\CCC=CC=C1NC=O. The maximum atomic E-state index is 11.2. The predicted molar refractivity (Wildman–Crippen MR) is 143 cm³/mol. The number of amides is 1. The summed E-state index contributed by atoms with van der Waals surface area (Å²) < 4.78 is 0. The van der Waals surface area contributed by atoms with Crippen LogP contribution in [0.15, 0.2) is 58.3 Å². The lowest BCUT2D eigenvalue weighted by Crippen LogP contribution is -2.43. The highest BCUT2D eigenvalue weighted by atomic mass is 16.1. The number of carbonyl (C=O) groups is 1. The molecule has 1 aromatic rings. The summed E-state index contributed by atoms with van der Waals surface area (Å²) in [5, 5.41) is 2.89. The summed E-state index contributed by atoms with van der Waals surface area (Å²) in [5.74, 6) is 0. The first-order valence-electron chi connectivity index (χ1n) is 13.1. The smallest absolute Gasteiger partial charge is 0.211 e. The Labute approximate surface area is 205 Å². The fourth-order valence-electron chi connectivity index (χ4n) is 5.57. The highest BCUT2D eigenvalue weighted by Crippen LogP contribution is 2.31. The topological polar surface area (TPSA) is 47.9 Å². The summed E-state index contributed by atoms with van der Waals surface area (Å²) in [4.78, 5) is 21.6. The third kappa shape index (κ3) is 5.69. The van der Waals surface area contributed by atoms with Gasteiger partial charge in [0.25, 0.3) is 0 Å². The quantitative estimate of drug-likeness (QED) is 0.411. The van der Waals surface area contributed by atoms with Gasteiger partial charge in [-0.2, -0.15) is 0 Å². The molecule has 1 amide bonds. The molecule has 0 saturated carbocycles. The molecule has 4 rings (SSSR count). The molecule has 0 bridgehead atoms. The second-order valence-electron chi connectivity index (χ2n) is 9.76. The number of likely N-dealkylation sites (tertiary alicyclic amines) is 1. The summed E-state index contributed by atoms with van der Waals surface area (Å²) in [7, 11) is 0. The van der Waals surface area contributed by atoms with Crippen LogP contribution >= 0.6 is 0 Å². The minimum Gasteiger partial charge on any atom is -0.371 e. The van der Waals surface area contributed by atoms with Crippen LogP contribution in [0, 0.1) is 6.92 Å². The molecule has 2 aliphatic heterocycles. The van der Waals surface area contributed by atoms with Gasteiger partial charge >= 0.3 is 0 Å². The van der Waals surface area contributed by atoms with Crippen molar-refractivity contribution in [1.82, 2.24) is 10.2 Å². The molecule has 0 radical (unpaired) electrons. The predicted octanol–water partition coefficient (Wildman–Crippen LogP) is 5.84. The van der Waals surface area contributed by atoms with E-state index < -0.39 is 0 Å². The molecule has 5 nitrogen and oxygen atoms in total. The van der Waals surface area contributed by atoms with Crippen LogP contribution in [0.25, 0.3) is 0 Å². The zero-order chi connectivity index (χ0) is 23.9. The van der Waals surface area contributed by atoms with Gasteiger partial charge in [-0.25, -0.2) is 0 Å². The Hall–Kier alpha value is -2.66. The van der Waals surface area contributed by atoms with Crippen LogP contribution in [0.2, 0.25) is 0 Å². The fraction of sp³-hybridized carbons (Fsp3) is 0.517.